The van der Waals surface area contributed by atoms with E-state index in [0.29, 0.717) is 24.6 Å². The average Bonchev–Trinajstić information content (AvgIpc) is 3.37. The van der Waals surface area contributed by atoms with E-state index in [9.17, 15) is 4.79 Å². The highest BCUT2D eigenvalue weighted by molar-refractivity contribution is 5.84. The second-order valence-electron chi connectivity index (χ2n) is 6.50. The third-order valence-electron chi connectivity index (χ3n) is 4.94. The normalized spacial score (nSPS) is 17.5. The molecule has 0 saturated carbocycles. The zero-order chi connectivity index (χ0) is 17.2. The molecule has 1 fully saturated rings. The minimum atomic E-state index is -0.0421. The van der Waals surface area contributed by atoms with Crippen molar-refractivity contribution in [1.82, 2.24) is 20.0 Å². The lowest BCUT2D eigenvalue weighted by molar-refractivity contribution is -0.132. The summed E-state index contributed by atoms with van der Waals surface area (Å²) in [7, 11) is 0. The number of rotatable bonds is 5. The molecule has 1 atom stereocenters. The Morgan fingerprint density at radius 2 is 2.28 bits per heavy atom. The van der Waals surface area contributed by atoms with Gasteiger partial charge in [0.15, 0.2) is 5.82 Å². The van der Waals surface area contributed by atoms with Gasteiger partial charge in [0.1, 0.15) is 0 Å². The van der Waals surface area contributed by atoms with Crippen LogP contribution < -0.4 is 0 Å². The number of likely N-dealkylation sites (tertiary alicyclic amines) is 1. The first kappa shape index (κ1) is 15.9. The van der Waals surface area contributed by atoms with Crippen molar-refractivity contribution in [2.24, 2.45) is 0 Å². The Labute approximate surface area is 146 Å². The zero-order valence-electron chi connectivity index (χ0n) is 14.4. The van der Waals surface area contributed by atoms with E-state index in [1.165, 1.54) is 10.9 Å². The van der Waals surface area contributed by atoms with Gasteiger partial charge in [0.05, 0.1) is 6.04 Å². The number of hydrogen-bond donors (Lipinski definition) is 1. The van der Waals surface area contributed by atoms with E-state index in [2.05, 4.69) is 27.3 Å². The van der Waals surface area contributed by atoms with Crippen LogP contribution in [0.1, 0.15) is 49.5 Å². The Hall–Kier alpha value is -2.63. The van der Waals surface area contributed by atoms with E-state index in [-0.39, 0.29) is 11.9 Å². The maximum Gasteiger partial charge on any atom is 0.226 e. The molecule has 1 amide bonds. The first-order chi connectivity index (χ1) is 12.3. The lowest BCUT2D eigenvalue weighted by atomic mass is 10.1. The fraction of sp³-hybridized carbons (Fsp3) is 0.421. The summed E-state index contributed by atoms with van der Waals surface area (Å²) in [6.45, 7) is 2.75. The fourth-order valence-corrected chi connectivity index (χ4v) is 3.60. The second-order valence-corrected chi connectivity index (χ2v) is 6.50. The van der Waals surface area contributed by atoms with Crippen LogP contribution in [0.15, 0.2) is 35.0 Å². The van der Waals surface area contributed by atoms with Crippen LogP contribution >= 0.6 is 0 Å². The Bertz CT molecular complexity index is 882. The number of nitrogens with one attached hydrogen (secondary N) is 1. The van der Waals surface area contributed by atoms with E-state index in [0.717, 1.165) is 31.3 Å². The van der Waals surface area contributed by atoms with Crippen molar-refractivity contribution >= 4 is 16.8 Å². The monoisotopic (exact) mass is 338 g/mol. The number of aryl methyl sites for hydroxylation is 2. The second kappa shape index (κ2) is 6.70. The summed E-state index contributed by atoms with van der Waals surface area (Å²) < 4.78 is 5.22. The number of fused-ring (bicyclic) bond motifs is 1. The van der Waals surface area contributed by atoms with Gasteiger partial charge in [0, 0.05) is 36.5 Å². The number of para-hydroxylation sites is 1. The summed E-state index contributed by atoms with van der Waals surface area (Å²) in [5.41, 5.74) is 2.30. The number of hydrogen-bond acceptors (Lipinski definition) is 4. The van der Waals surface area contributed by atoms with Crippen molar-refractivity contribution in [3.05, 3.63) is 47.7 Å². The lowest BCUT2D eigenvalue weighted by Crippen LogP contribution is -2.31. The number of nitrogens with zero attached hydrogens (tertiary/aromatic N) is 3. The molecule has 1 aliphatic heterocycles. The summed E-state index contributed by atoms with van der Waals surface area (Å²) in [4.78, 5) is 22.4. The molecule has 4 rings (SSSR count). The standard InChI is InChI=1S/C19H22N4O2/c1-2-17-21-19(22-25-17)16-8-5-11-23(16)18(24)10-9-13-12-20-15-7-4-3-6-14(13)15/h3-4,6-7,12,16,20H,2,5,8-11H2,1H3/t16-/m1/s1. The number of carbonyl (C=O) groups excluding carboxylic acids is 1. The van der Waals surface area contributed by atoms with Gasteiger partial charge in [0.2, 0.25) is 11.8 Å². The van der Waals surface area contributed by atoms with Crippen molar-refractivity contribution in [3.8, 4) is 0 Å². The molecule has 0 spiro atoms. The smallest absolute Gasteiger partial charge is 0.226 e. The Kier molecular flexibility index (Phi) is 4.26. The molecule has 3 aromatic rings. The molecule has 0 unspecified atom stereocenters. The predicted molar refractivity (Wildman–Crippen MR) is 94.0 cm³/mol. The molecule has 0 radical (unpaired) electrons. The minimum absolute atomic E-state index is 0.0421. The van der Waals surface area contributed by atoms with Crippen LogP contribution in [0.5, 0.6) is 0 Å². The predicted octanol–water partition coefficient (Wildman–Crippen LogP) is 3.41. The van der Waals surface area contributed by atoms with Crippen molar-refractivity contribution < 1.29 is 9.32 Å². The Balaban J connectivity index is 1.45. The molecular weight excluding hydrogens is 316 g/mol. The van der Waals surface area contributed by atoms with E-state index in [1.54, 1.807) is 0 Å². The summed E-state index contributed by atoms with van der Waals surface area (Å²) in [5.74, 6) is 1.44. The summed E-state index contributed by atoms with van der Waals surface area (Å²) in [5, 5.41) is 5.26. The first-order valence-electron chi connectivity index (χ1n) is 8.93. The van der Waals surface area contributed by atoms with Crippen LogP contribution in [0.3, 0.4) is 0 Å². The van der Waals surface area contributed by atoms with Crippen molar-refractivity contribution in [2.45, 2.75) is 45.1 Å². The Morgan fingerprint density at radius 3 is 3.12 bits per heavy atom. The number of aromatic nitrogens is 3. The molecule has 6 heteroatoms. The summed E-state index contributed by atoms with van der Waals surface area (Å²) in [6.07, 6.45) is 5.84. The number of aromatic amines is 1. The number of carbonyl (C=O) groups is 1. The number of H-pyrrole nitrogens is 1. The molecular formula is C19H22N4O2. The molecule has 1 aliphatic rings. The third-order valence-corrected chi connectivity index (χ3v) is 4.94. The third kappa shape index (κ3) is 3.04. The van der Waals surface area contributed by atoms with Crippen LogP contribution in [0.2, 0.25) is 0 Å². The first-order valence-corrected chi connectivity index (χ1v) is 8.93. The van der Waals surface area contributed by atoms with Crippen LogP contribution in [0.25, 0.3) is 10.9 Å². The molecule has 6 nitrogen and oxygen atoms in total. The minimum Gasteiger partial charge on any atom is -0.361 e. The summed E-state index contributed by atoms with van der Waals surface area (Å²) in [6, 6.07) is 8.14. The zero-order valence-corrected chi connectivity index (χ0v) is 14.4. The van der Waals surface area contributed by atoms with Crippen molar-refractivity contribution in [3.63, 3.8) is 0 Å². The fourth-order valence-electron chi connectivity index (χ4n) is 3.60. The van der Waals surface area contributed by atoms with Gasteiger partial charge in [-0.25, -0.2) is 0 Å². The van der Waals surface area contributed by atoms with Gasteiger partial charge in [-0.05, 0) is 30.9 Å². The summed E-state index contributed by atoms with van der Waals surface area (Å²) >= 11 is 0. The molecule has 1 N–H and O–H groups in total. The molecule has 2 aromatic heterocycles. The van der Waals surface area contributed by atoms with E-state index in [1.807, 2.05) is 30.2 Å². The van der Waals surface area contributed by atoms with Gasteiger partial charge in [-0.3, -0.25) is 4.79 Å². The largest absolute Gasteiger partial charge is 0.361 e. The SMILES string of the molecule is CCc1nc([C@H]2CCCN2C(=O)CCc2c[nH]c3ccccc23)no1. The van der Waals surface area contributed by atoms with Crippen molar-refractivity contribution in [2.75, 3.05) is 6.54 Å². The van der Waals surface area contributed by atoms with Crippen LogP contribution in [-0.4, -0.2) is 32.5 Å². The molecule has 0 bridgehead atoms. The van der Waals surface area contributed by atoms with Gasteiger partial charge in [-0.1, -0.05) is 30.3 Å². The molecule has 1 saturated heterocycles. The maximum atomic E-state index is 12.8. The van der Waals surface area contributed by atoms with Gasteiger partial charge in [-0.15, -0.1) is 0 Å². The van der Waals surface area contributed by atoms with Crippen LogP contribution in [0, 0.1) is 0 Å². The van der Waals surface area contributed by atoms with Crippen LogP contribution in [0.4, 0.5) is 0 Å². The number of amides is 1. The lowest BCUT2D eigenvalue weighted by Gasteiger charge is -2.22. The van der Waals surface area contributed by atoms with Crippen LogP contribution in [-0.2, 0) is 17.6 Å². The quantitative estimate of drug-likeness (QED) is 0.773. The average molecular weight is 338 g/mol. The van der Waals surface area contributed by atoms with Gasteiger partial charge in [0.25, 0.3) is 0 Å². The van der Waals surface area contributed by atoms with Crippen molar-refractivity contribution in [1.29, 1.82) is 0 Å². The van der Waals surface area contributed by atoms with Gasteiger partial charge >= 0.3 is 0 Å². The van der Waals surface area contributed by atoms with Gasteiger partial charge in [-0.2, -0.15) is 4.98 Å². The number of benzene rings is 1. The molecule has 130 valence electrons. The highest BCUT2D eigenvalue weighted by Crippen LogP contribution is 2.31. The molecule has 3 heterocycles. The van der Waals surface area contributed by atoms with E-state index < -0.39 is 0 Å². The topological polar surface area (TPSA) is 75.0 Å². The van der Waals surface area contributed by atoms with E-state index >= 15 is 0 Å². The Morgan fingerprint density at radius 1 is 1.40 bits per heavy atom. The molecule has 1 aromatic carbocycles. The molecule has 0 aliphatic carbocycles. The molecule has 25 heavy (non-hydrogen) atoms. The maximum absolute atomic E-state index is 12.8. The highest BCUT2D eigenvalue weighted by atomic mass is 16.5. The highest BCUT2D eigenvalue weighted by Gasteiger charge is 2.33. The van der Waals surface area contributed by atoms with Gasteiger partial charge < -0.3 is 14.4 Å². The van der Waals surface area contributed by atoms with E-state index in [4.69, 9.17) is 4.52 Å².